The van der Waals surface area contributed by atoms with Gasteiger partial charge in [-0.05, 0) is 36.6 Å². The normalized spacial score (nSPS) is 11.4. The van der Waals surface area contributed by atoms with Crippen LogP contribution in [0.15, 0.2) is 83.0 Å². The third-order valence-electron chi connectivity index (χ3n) is 4.81. The van der Waals surface area contributed by atoms with Gasteiger partial charge in [0.1, 0.15) is 5.76 Å². The van der Waals surface area contributed by atoms with E-state index in [0.717, 1.165) is 33.7 Å². The Morgan fingerprint density at radius 1 is 1.03 bits per heavy atom. The van der Waals surface area contributed by atoms with Crippen molar-refractivity contribution in [2.75, 3.05) is 0 Å². The zero-order chi connectivity index (χ0) is 23.3. The van der Waals surface area contributed by atoms with Gasteiger partial charge in [0.15, 0.2) is 11.4 Å². The predicted octanol–water partition coefficient (Wildman–Crippen LogP) is 7.29. The molecule has 173 valence electrons. The molecule has 0 aliphatic heterocycles. The first-order valence-electron chi connectivity index (χ1n) is 10.5. The molecule has 0 aliphatic carbocycles. The van der Waals surface area contributed by atoms with Gasteiger partial charge in [-0.25, -0.2) is 0 Å². The van der Waals surface area contributed by atoms with E-state index in [-0.39, 0.29) is 37.1 Å². The summed E-state index contributed by atoms with van der Waals surface area (Å²) in [6.45, 7) is 9.50. The molecule has 4 rings (SSSR count). The van der Waals surface area contributed by atoms with Crippen molar-refractivity contribution in [2.24, 2.45) is 0 Å². The number of carbonyl (C=O) groups is 1. The van der Waals surface area contributed by atoms with Gasteiger partial charge in [-0.15, -0.1) is 35.9 Å². The Morgan fingerprint density at radius 2 is 1.73 bits per heavy atom. The van der Waals surface area contributed by atoms with Crippen molar-refractivity contribution in [3.63, 3.8) is 0 Å². The van der Waals surface area contributed by atoms with E-state index < -0.39 is 0 Å². The minimum Gasteiger partial charge on any atom is -0.512 e. The first kappa shape index (κ1) is 26.2. The number of nitrogens with zero attached hydrogens (tertiary/aromatic N) is 1. The monoisotopic (exact) mass is 619 g/mol. The minimum atomic E-state index is -0.125. The second-order valence-corrected chi connectivity index (χ2v) is 8.69. The van der Waals surface area contributed by atoms with E-state index >= 15 is 0 Å². The van der Waals surface area contributed by atoms with Gasteiger partial charge in [0.05, 0.1) is 11.3 Å². The van der Waals surface area contributed by atoms with Crippen LogP contribution in [-0.4, -0.2) is 15.9 Å². The van der Waals surface area contributed by atoms with Crippen molar-refractivity contribution in [3.8, 4) is 22.6 Å². The molecule has 2 aromatic heterocycles. The Labute approximate surface area is 208 Å². The molecule has 0 fully saturated rings. The molecule has 5 heteroatoms. The Kier molecular flexibility index (Phi) is 8.92. The van der Waals surface area contributed by atoms with Crippen LogP contribution in [0.4, 0.5) is 0 Å². The van der Waals surface area contributed by atoms with Crippen molar-refractivity contribution >= 4 is 16.9 Å². The quantitative estimate of drug-likeness (QED) is 0.149. The van der Waals surface area contributed by atoms with Crippen LogP contribution in [0.2, 0.25) is 0 Å². The summed E-state index contributed by atoms with van der Waals surface area (Å²) in [7, 11) is 0. The summed E-state index contributed by atoms with van der Waals surface area (Å²) in [5, 5.41) is 8.36. The number of aliphatic hydroxyl groups excluding tert-OH is 1. The number of ketones is 1. The number of rotatable bonds is 3. The van der Waals surface area contributed by atoms with Gasteiger partial charge in [0, 0.05) is 37.8 Å². The standard InChI is InChI=1S/C23H20NO.C5H8O2.Ir/c1-23(2,3)18-11-9-17(10-12-18)22-15-20-21(25-22)14-13-19(24-20)16-7-5-4-6-8-16;1-4(6)3-5(2)7;/h4-7,9-15H,1-3H3;3,6H,1-2H3;/q-1;;/b;4-3-;. The summed E-state index contributed by atoms with van der Waals surface area (Å²) in [6.07, 6.45) is 1.17. The molecule has 0 saturated carbocycles. The molecule has 0 bridgehead atoms. The molecule has 1 radical (unpaired) electrons. The fourth-order valence-corrected chi connectivity index (χ4v) is 3.20. The number of pyridine rings is 1. The fourth-order valence-electron chi connectivity index (χ4n) is 3.20. The summed E-state index contributed by atoms with van der Waals surface area (Å²) >= 11 is 0. The zero-order valence-electron chi connectivity index (χ0n) is 19.5. The van der Waals surface area contributed by atoms with E-state index in [1.807, 2.05) is 42.5 Å². The van der Waals surface area contributed by atoms with Gasteiger partial charge in [-0.3, -0.25) is 9.78 Å². The van der Waals surface area contributed by atoms with Crippen molar-refractivity contribution in [1.82, 2.24) is 4.98 Å². The number of aliphatic hydroxyl groups is 1. The van der Waals surface area contributed by atoms with Crippen molar-refractivity contribution in [2.45, 2.75) is 40.0 Å². The number of hydrogen-bond acceptors (Lipinski definition) is 4. The van der Waals surface area contributed by atoms with Crippen LogP contribution in [0.5, 0.6) is 0 Å². The summed E-state index contributed by atoms with van der Waals surface area (Å²) in [5.41, 5.74) is 6.09. The number of furan rings is 1. The van der Waals surface area contributed by atoms with E-state index in [2.05, 4.69) is 51.1 Å². The molecule has 0 unspecified atom stereocenters. The predicted molar refractivity (Wildman–Crippen MR) is 129 cm³/mol. The molecule has 1 N–H and O–H groups in total. The molecular weight excluding hydrogens is 591 g/mol. The Morgan fingerprint density at radius 3 is 2.24 bits per heavy atom. The maximum absolute atomic E-state index is 10.0. The largest absolute Gasteiger partial charge is 0.512 e. The van der Waals surface area contributed by atoms with Gasteiger partial charge in [0.2, 0.25) is 0 Å². The van der Waals surface area contributed by atoms with Crippen molar-refractivity contribution in [3.05, 3.63) is 90.2 Å². The molecule has 0 saturated heterocycles. The second kappa shape index (κ2) is 11.2. The number of fused-ring (bicyclic) bond motifs is 1. The summed E-state index contributed by atoms with van der Waals surface area (Å²) in [4.78, 5) is 14.7. The smallest absolute Gasteiger partial charge is 0.155 e. The van der Waals surface area contributed by atoms with Crippen LogP contribution in [0.3, 0.4) is 0 Å². The first-order valence-corrected chi connectivity index (χ1v) is 10.5. The van der Waals surface area contributed by atoms with E-state index in [1.54, 1.807) is 0 Å². The Bertz CT molecular complexity index is 1230. The minimum absolute atomic E-state index is 0. The SMILES string of the molecule is CC(=O)/C=C(/C)O.CC(C)(C)c1ccc(-c2cc3nc(-c4[c-]cccc4)ccc3o2)cc1.[Ir]. The third-order valence-corrected chi connectivity index (χ3v) is 4.81. The zero-order valence-corrected chi connectivity index (χ0v) is 21.9. The second-order valence-electron chi connectivity index (χ2n) is 8.69. The molecule has 33 heavy (non-hydrogen) atoms. The number of aromatic nitrogens is 1. The van der Waals surface area contributed by atoms with Crippen LogP contribution in [-0.2, 0) is 30.3 Å². The van der Waals surface area contributed by atoms with Gasteiger partial charge in [-0.2, -0.15) is 0 Å². The molecule has 2 aromatic carbocycles. The summed E-state index contributed by atoms with van der Waals surface area (Å²) in [6, 6.07) is 25.6. The van der Waals surface area contributed by atoms with Gasteiger partial charge in [-0.1, -0.05) is 51.1 Å². The third kappa shape index (κ3) is 7.24. The number of benzene rings is 2. The molecule has 0 atom stereocenters. The molecule has 0 amide bonds. The van der Waals surface area contributed by atoms with E-state index in [1.165, 1.54) is 25.5 Å². The van der Waals surface area contributed by atoms with Crippen molar-refractivity contribution < 1.29 is 34.4 Å². The fraction of sp³-hybridized carbons (Fsp3) is 0.214. The van der Waals surface area contributed by atoms with Crippen LogP contribution in [0, 0.1) is 6.07 Å². The molecule has 4 aromatic rings. The van der Waals surface area contributed by atoms with Crippen LogP contribution >= 0.6 is 0 Å². The van der Waals surface area contributed by atoms with E-state index in [9.17, 15) is 4.79 Å². The average Bonchev–Trinajstić information content (AvgIpc) is 3.17. The molecular formula is C28H28IrNO3-. The maximum Gasteiger partial charge on any atom is 0.155 e. The first-order chi connectivity index (χ1) is 15.1. The maximum atomic E-state index is 10.0. The van der Waals surface area contributed by atoms with Crippen molar-refractivity contribution in [1.29, 1.82) is 0 Å². The number of hydrogen-bond donors (Lipinski definition) is 1. The molecule has 0 aliphatic rings. The summed E-state index contributed by atoms with van der Waals surface area (Å²) < 4.78 is 6.00. The molecule has 4 nitrogen and oxygen atoms in total. The van der Waals surface area contributed by atoms with E-state index in [4.69, 9.17) is 14.5 Å². The average molecular weight is 619 g/mol. The topological polar surface area (TPSA) is 63.3 Å². The Balaban J connectivity index is 0.000000423. The Hall–Kier alpha value is -3.01. The van der Waals surface area contributed by atoms with Crippen LogP contribution < -0.4 is 0 Å². The van der Waals surface area contributed by atoms with E-state index in [0.29, 0.717) is 0 Å². The van der Waals surface area contributed by atoms with Gasteiger partial charge >= 0.3 is 0 Å². The van der Waals surface area contributed by atoms with Crippen LogP contribution in [0.25, 0.3) is 33.7 Å². The number of allylic oxidation sites excluding steroid dienone is 2. The van der Waals surface area contributed by atoms with Gasteiger partial charge in [0.25, 0.3) is 0 Å². The van der Waals surface area contributed by atoms with Gasteiger partial charge < -0.3 is 9.52 Å². The molecule has 2 heterocycles. The van der Waals surface area contributed by atoms with Crippen LogP contribution in [0.1, 0.15) is 40.2 Å². The number of carbonyl (C=O) groups excluding carboxylic acids is 1. The summed E-state index contributed by atoms with van der Waals surface area (Å²) in [5.74, 6) is 0.782. The molecule has 0 spiro atoms.